The molecule has 0 amide bonds. The summed E-state index contributed by atoms with van der Waals surface area (Å²) in [6.45, 7) is 4.86. The molecule has 3 aliphatic heterocycles. The summed E-state index contributed by atoms with van der Waals surface area (Å²) < 4.78 is 11.3. The predicted molar refractivity (Wildman–Crippen MR) is 121 cm³/mol. The number of anilines is 1. The highest BCUT2D eigenvalue weighted by molar-refractivity contribution is 5.86. The molecule has 31 heavy (non-hydrogen) atoms. The molecule has 1 saturated heterocycles. The number of hydroxylamine groups is 2. The minimum absolute atomic E-state index is 0.00180. The summed E-state index contributed by atoms with van der Waals surface area (Å²) in [5.41, 5.74) is 8.01. The van der Waals surface area contributed by atoms with E-state index in [9.17, 15) is 5.21 Å². The van der Waals surface area contributed by atoms with Gasteiger partial charge in [0.1, 0.15) is 6.23 Å². The molecule has 1 unspecified atom stereocenters. The third-order valence-electron chi connectivity index (χ3n) is 6.06. The van der Waals surface area contributed by atoms with Crippen molar-refractivity contribution in [1.29, 1.82) is 0 Å². The van der Waals surface area contributed by atoms with Gasteiger partial charge in [0.15, 0.2) is 0 Å². The molecule has 1 aromatic carbocycles. The van der Waals surface area contributed by atoms with Gasteiger partial charge in [-0.2, -0.15) is 0 Å². The number of rotatable bonds is 4. The molecule has 7 nitrogen and oxygen atoms in total. The number of hydrogen-bond acceptors (Lipinski definition) is 7. The Hall–Kier alpha value is -3.03. The van der Waals surface area contributed by atoms with Crippen LogP contribution >= 0.6 is 0 Å². The minimum Gasteiger partial charge on any atom is -0.754 e. The second kappa shape index (κ2) is 7.90. The second-order valence-corrected chi connectivity index (χ2v) is 8.42. The first-order chi connectivity index (χ1) is 15.1. The van der Waals surface area contributed by atoms with E-state index in [0.717, 1.165) is 69.5 Å². The lowest BCUT2D eigenvalue weighted by atomic mass is 9.88. The summed E-state index contributed by atoms with van der Waals surface area (Å²) in [7, 11) is 1.60. The smallest absolute Gasteiger partial charge is 0.213 e. The lowest BCUT2D eigenvalue weighted by molar-refractivity contribution is 0.0113. The molecular formula is C24H27N4O3-. The van der Waals surface area contributed by atoms with Crippen LogP contribution in [0.2, 0.25) is 0 Å². The monoisotopic (exact) mass is 419 g/mol. The maximum Gasteiger partial charge on any atom is 0.213 e. The van der Waals surface area contributed by atoms with Gasteiger partial charge < -0.3 is 25.2 Å². The van der Waals surface area contributed by atoms with E-state index in [2.05, 4.69) is 27.6 Å². The van der Waals surface area contributed by atoms with Gasteiger partial charge in [-0.05, 0) is 59.7 Å². The zero-order chi connectivity index (χ0) is 21.5. The first-order valence-corrected chi connectivity index (χ1v) is 10.8. The summed E-state index contributed by atoms with van der Waals surface area (Å²) in [5, 5.41) is 18.2. The van der Waals surface area contributed by atoms with Crippen molar-refractivity contribution in [3.63, 3.8) is 0 Å². The standard InChI is InChI=1S/C24H27N4O3/c1-15(2)24-23(16-7-8-25-21(12-16)30-3)19-10-17-13-26-28(22-6-4-5-9-31-22)20(17)11-18(19)14-27(24)29/h7-8,10-15,22,26H,4-6,9H2,1-3H3/q-1. The van der Waals surface area contributed by atoms with Crippen LogP contribution in [0.1, 0.15) is 44.2 Å². The second-order valence-electron chi connectivity index (χ2n) is 8.42. The Labute approximate surface area is 181 Å². The van der Waals surface area contributed by atoms with Gasteiger partial charge in [0, 0.05) is 47.8 Å². The van der Waals surface area contributed by atoms with Crippen molar-refractivity contribution in [3.05, 3.63) is 62.9 Å². The molecule has 162 valence electrons. The van der Waals surface area contributed by atoms with Crippen molar-refractivity contribution in [2.45, 2.75) is 39.3 Å². The number of nitrogens with one attached hydrogen (secondary N) is 1. The SMILES string of the molecule is COc1cc(C2=C(C(C)C)N([O-])C=c3cc4c(cc32)=CNN4C2CCCCO2)ccn1. The van der Waals surface area contributed by atoms with Crippen LogP contribution in [0.25, 0.3) is 18.0 Å². The molecule has 0 saturated carbocycles. The molecule has 0 spiro atoms. The van der Waals surface area contributed by atoms with Gasteiger partial charge in [0.25, 0.3) is 0 Å². The van der Waals surface area contributed by atoms with Crippen molar-refractivity contribution < 1.29 is 9.47 Å². The maximum absolute atomic E-state index is 13.1. The highest BCUT2D eigenvalue weighted by Crippen LogP contribution is 2.34. The van der Waals surface area contributed by atoms with Gasteiger partial charge in [-0.25, -0.2) is 4.98 Å². The van der Waals surface area contributed by atoms with E-state index in [1.54, 1.807) is 19.5 Å². The Balaban J connectivity index is 1.67. The van der Waals surface area contributed by atoms with E-state index in [1.807, 2.05) is 32.2 Å². The Bertz CT molecular complexity index is 1150. The molecule has 2 aromatic rings. The highest BCUT2D eigenvalue weighted by atomic mass is 16.5. The van der Waals surface area contributed by atoms with Crippen LogP contribution in [0.5, 0.6) is 5.88 Å². The number of hydrogen-bond donors (Lipinski definition) is 1. The van der Waals surface area contributed by atoms with Gasteiger partial charge in [-0.3, -0.25) is 5.01 Å². The summed E-state index contributed by atoms with van der Waals surface area (Å²) >= 11 is 0. The van der Waals surface area contributed by atoms with Crippen molar-refractivity contribution in [2.24, 2.45) is 5.92 Å². The van der Waals surface area contributed by atoms with Crippen LogP contribution in [0.4, 0.5) is 5.69 Å². The topological polar surface area (TPSA) is 72.9 Å². The number of allylic oxidation sites excluding steroid dienone is 1. The molecule has 1 atom stereocenters. The molecule has 1 N–H and O–H groups in total. The van der Waals surface area contributed by atoms with Crippen LogP contribution in [-0.4, -0.2) is 30.0 Å². The fourth-order valence-corrected chi connectivity index (χ4v) is 4.61. The van der Waals surface area contributed by atoms with Crippen molar-refractivity contribution >= 4 is 23.7 Å². The van der Waals surface area contributed by atoms with Gasteiger partial charge in [-0.15, -0.1) is 0 Å². The Morgan fingerprint density at radius 1 is 1.23 bits per heavy atom. The number of methoxy groups -OCH3 is 1. The lowest BCUT2D eigenvalue weighted by Gasteiger charge is -2.38. The number of benzene rings is 1. The highest BCUT2D eigenvalue weighted by Gasteiger charge is 2.27. The molecule has 0 bridgehead atoms. The van der Waals surface area contributed by atoms with E-state index >= 15 is 0 Å². The first-order valence-electron chi connectivity index (χ1n) is 10.8. The largest absolute Gasteiger partial charge is 0.754 e. The zero-order valence-corrected chi connectivity index (χ0v) is 18.1. The summed E-state index contributed by atoms with van der Waals surface area (Å²) in [5.74, 6) is 0.579. The fraction of sp³-hybridized carbons (Fsp3) is 0.375. The van der Waals surface area contributed by atoms with Gasteiger partial charge in [-0.1, -0.05) is 13.8 Å². The van der Waals surface area contributed by atoms with E-state index in [4.69, 9.17) is 9.47 Å². The van der Waals surface area contributed by atoms with E-state index in [-0.39, 0.29) is 12.1 Å². The number of nitrogens with zero attached hydrogens (tertiary/aromatic N) is 3. The molecule has 3 aliphatic rings. The number of ether oxygens (including phenoxy) is 2. The number of fused-ring (bicyclic) bond motifs is 2. The minimum atomic E-state index is 0.00180. The van der Waals surface area contributed by atoms with Gasteiger partial charge in [0.05, 0.1) is 12.8 Å². The van der Waals surface area contributed by atoms with E-state index in [1.165, 1.54) is 0 Å². The van der Waals surface area contributed by atoms with Crippen LogP contribution in [0.3, 0.4) is 0 Å². The Kier molecular flexibility index (Phi) is 5.08. The van der Waals surface area contributed by atoms with Gasteiger partial charge in [0.2, 0.25) is 5.88 Å². The predicted octanol–water partition coefficient (Wildman–Crippen LogP) is 2.65. The maximum atomic E-state index is 13.1. The molecule has 0 aliphatic carbocycles. The quantitative estimate of drug-likeness (QED) is 0.817. The Morgan fingerprint density at radius 3 is 2.84 bits per heavy atom. The molecule has 0 radical (unpaired) electrons. The lowest BCUT2D eigenvalue weighted by Crippen LogP contribution is -2.45. The molecular weight excluding hydrogens is 392 g/mol. The first kappa shape index (κ1) is 19.9. The van der Waals surface area contributed by atoms with Crippen molar-refractivity contribution in [3.8, 4) is 5.88 Å². The van der Waals surface area contributed by atoms with E-state index < -0.39 is 0 Å². The van der Waals surface area contributed by atoms with Crippen molar-refractivity contribution in [1.82, 2.24) is 15.5 Å². The van der Waals surface area contributed by atoms with Crippen molar-refractivity contribution in [2.75, 3.05) is 18.7 Å². The van der Waals surface area contributed by atoms with Crippen LogP contribution < -0.4 is 25.6 Å². The van der Waals surface area contributed by atoms with E-state index in [0.29, 0.717) is 5.88 Å². The normalized spacial score (nSPS) is 20.1. The summed E-state index contributed by atoms with van der Waals surface area (Å²) in [6, 6.07) is 8.06. The fourth-order valence-electron chi connectivity index (χ4n) is 4.61. The third kappa shape index (κ3) is 3.43. The van der Waals surface area contributed by atoms with Gasteiger partial charge >= 0.3 is 0 Å². The number of aromatic nitrogens is 1. The third-order valence-corrected chi connectivity index (χ3v) is 6.06. The molecule has 7 heteroatoms. The average molecular weight is 420 g/mol. The molecule has 1 aromatic heterocycles. The summed E-state index contributed by atoms with van der Waals surface area (Å²) in [4.78, 5) is 4.24. The number of pyridine rings is 1. The molecule has 5 rings (SSSR count). The van der Waals surface area contributed by atoms with Crippen LogP contribution in [0, 0.1) is 11.1 Å². The molecule has 1 fully saturated rings. The molecule has 4 heterocycles. The summed E-state index contributed by atoms with van der Waals surface area (Å²) in [6.07, 6.45) is 8.65. The Morgan fingerprint density at radius 2 is 2.10 bits per heavy atom. The number of hydrazine groups is 1. The average Bonchev–Trinajstić information content (AvgIpc) is 3.20. The van der Waals surface area contributed by atoms with Crippen LogP contribution in [-0.2, 0) is 4.74 Å². The zero-order valence-electron chi connectivity index (χ0n) is 18.1. The van der Waals surface area contributed by atoms with Crippen LogP contribution in [0.15, 0.2) is 36.2 Å².